The van der Waals surface area contributed by atoms with Gasteiger partial charge in [-0.15, -0.1) is 0 Å². The van der Waals surface area contributed by atoms with Gasteiger partial charge in [-0.25, -0.2) is 9.50 Å². The Morgan fingerprint density at radius 1 is 1.21 bits per heavy atom. The molecule has 1 aromatic carbocycles. The number of benzene rings is 1. The maximum atomic E-state index is 12.9. The molecule has 5 rings (SSSR count). The van der Waals surface area contributed by atoms with Gasteiger partial charge in [-0.05, 0) is 38.0 Å². The van der Waals surface area contributed by atoms with E-state index in [1.807, 2.05) is 52.9 Å². The summed E-state index contributed by atoms with van der Waals surface area (Å²) in [6.45, 7) is 3.58. The average Bonchev–Trinajstić information content (AvgIpc) is 3.15. The lowest BCUT2D eigenvalue weighted by Crippen LogP contribution is -2.50. The molecule has 8 heteroatoms. The van der Waals surface area contributed by atoms with E-state index >= 15 is 0 Å². The third kappa shape index (κ3) is 3.46. The van der Waals surface area contributed by atoms with Crippen molar-refractivity contribution in [2.75, 3.05) is 25.0 Å². The first kappa shape index (κ1) is 17.8. The number of nitrogens with zero attached hydrogens (tertiary/aromatic N) is 4. The second-order valence-electron chi connectivity index (χ2n) is 7.50. The van der Waals surface area contributed by atoms with Crippen LogP contribution in [0, 0.1) is 6.92 Å². The summed E-state index contributed by atoms with van der Waals surface area (Å²) in [7, 11) is 0. The third-order valence-electron chi connectivity index (χ3n) is 5.44. The van der Waals surface area contributed by atoms with E-state index in [4.69, 9.17) is 9.47 Å². The summed E-state index contributed by atoms with van der Waals surface area (Å²) in [6.07, 6.45) is 4.72. The molecule has 0 saturated carbocycles. The Hall–Kier alpha value is -3.29. The summed E-state index contributed by atoms with van der Waals surface area (Å²) in [6, 6.07) is 9.73. The predicted molar refractivity (Wildman–Crippen MR) is 107 cm³/mol. The topological polar surface area (TPSA) is 81.0 Å². The number of nitrogens with one attached hydrogen (secondary N) is 1. The summed E-state index contributed by atoms with van der Waals surface area (Å²) in [4.78, 5) is 19.2. The Morgan fingerprint density at radius 2 is 2.00 bits per heavy atom. The molecule has 1 unspecified atom stereocenters. The Labute approximate surface area is 168 Å². The van der Waals surface area contributed by atoms with Gasteiger partial charge in [-0.3, -0.25) is 4.79 Å². The number of aryl methyl sites for hydroxylation is 1. The summed E-state index contributed by atoms with van der Waals surface area (Å²) in [5.74, 6) is 2.14. The largest absolute Gasteiger partial charge is 0.485 e. The maximum Gasteiger partial charge on any atom is 0.267 e. The predicted octanol–water partition coefficient (Wildman–Crippen LogP) is 2.28. The Kier molecular flexibility index (Phi) is 4.46. The van der Waals surface area contributed by atoms with Crippen LogP contribution in [0.1, 0.15) is 18.5 Å². The van der Waals surface area contributed by atoms with E-state index in [1.165, 1.54) is 0 Å². The maximum absolute atomic E-state index is 12.9. The second-order valence-corrected chi connectivity index (χ2v) is 7.50. The Bertz CT molecular complexity index is 1040. The fraction of sp³-hybridized carbons (Fsp3) is 0.381. The number of carbonyl (C=O) groups excluding carboxylic acids is 1. The van der Waals surface area contributed by atoms with E-state index in [1.54, 1.807) is 6.20 Å². The molecule has 2 aliphatic heterocycles. The monoisotopic (exact) mass is 393 g/mol. The number of amides is 1. The fourth-order valence-electron chi connectivity index (χ4n) is 3.94. The summed E-state index contributed by atoms with van der Waals surface area (Å²) < 4.78 is 13.4. The smallest absolute Gasteiger partial charge is 0.267 e. The number of hydrogen-bond donors (Lipinski definition) is 1. The van der Waals surface area contributed by atoms with Gasteiger partial charge >= 0.3 is 0 Å². The summed E-state index contributed by atoms with van der Waals surface area (Å²) >= 11 is 0. The fourth-order valence-corrected chi connectivity index (χ4v) is 3.94. The van der Waals surface area contributed by atoms with Crippen molar-refractivity contribution in [3.8, 4) is 11.5 Å². The van der Waals surface area contributed by atoms with E-state index in [2.05, 4.69) is 15.4 Å². The number of hydrogen-bond acceptors (Lipinski definition) is 6. The lowest BCUT2D eigenvalue weighted by atomic mass is 10.0. The SMILES string of the molecule is Cc1cc2c(NC3CCN(C(=O)C4COc5ccccc5O4)CC3)nccn2n1. The van der Waals surface area contributed by atoms with Crippen LogP contribution in [0.15, 0.2) is 42.7 Å². The van der Waals surface area contributed by atoms with Gasteiger partial charge in [0.15, 0.2) is 17.3 Å². The number of piperidine rings is 1. The number of ether oxygens (including phenoxy) is 2. The minimum Gasteiger partial charge on any atom is -0.485 e. The lowest BCUT2D eigenvalue weighted by molar-refractivity contribution is -0.142. The van der Waals surface area contributed by atoms with Crippen molar-refractivity contribution in [2.45, 2.75) is 31.9 Å². The molecule has 2 aliphatic rings. The van der Waals surface area contributed by atoms with Crippen molar-refractivity contribution in [3.63, 3.8) is 0 Å². The highest BCUT2D eigenvalue weighted by molar-refractivity contribution is 5.82. The molecule has 8 nitrogen and oxygen atoms in total. The molecule has 0 radical (unpaired) electrons. The van der Waals surface area contributed by atoms with E-state index in [9.17, 15) is 4.79 Å². The third-order valence-corrected chi connectivity index (χ3v) is 5.44. The molecule has 3 aromatic rings. The highest BCUT2D eigenvalue weighted by Crippen LogP contribution is 2.31. The Balaban J connectivity index is 1.20. The van der Waals surface area contributed by atoms with Crippen molar-refractivity contribution >= 4 is 17.2 Å². The number of aromatic nitrogens is 3. The minimum atomic E-state index is -0.584. The van der Waals surface area contributed by atoms with Gasteiger partial charge in [-0.2, -0.15) is 5.10 Å². The number of para-hydroxylation sites is 2. The zero-order chi connectivity index (χ0) is 19.8. The van der Waals surface area contributed by atoms with E-state index in [0.29, 0.717) is 24.6 Å². The van der Waals surface area contributed by atoms with Crippen molar-refractivity contribution in [2.24, 2.45) is 0 Å². The molecule has 4 heterocycles. The van der Waals surface area contributed by atoms with Gasteiger partial charge in [0.2, 0.25) is 6.10 Å². The average molecular weight is 393 g/mol. The molecule has 1 saturated heterocycles. The molecule has 0 aliphatic carbocycles. The summed E-state index contributed by atoms with van der Waals surface area (Å²) in [5, 5.41) is 7.95. The number of anilines is 1. The number of carbonyl (C=O) groups is 1. The molecule has 150 valence electrons. The first-order valence-corrected chi connectivity index (χ1v) is 9.92. The Morgan fingerprint density at radius 3 is 2.83 bits per heavy atom. The first-order chi connectivity index (χ1) is 14.2. The number of fused-ring (bicyclic) bond motifs is 2. The van der Waals surface area contributed by atoms with Gasteiger partial charge in [0.05, 0.1) is 5.69 Å². The van der Waals surface area contributed by atoms with Crippen LogP contribution in [-0.4, -0.2) is 57.2 Å². The first-order valence-electron chi connectivity index (χ1n) is 9.92. The summed E-state index contributed by atoms with van der Waals surface area (Å²) in [5.41, 5.74) is 1.92. The van der Waals surface area contributed by atoms with Gasteiger partial charge in [0.25, 0.3) is 5.91 Å². The molecule has 0 spiro atoms. The van der Waals surface area contributed by atoms with Crippen molar-refractivity contribution in [1.29, 1.82) is 0 Å². The van der Waals surface area contributed by atoms with Crippen LogP contribution in [0.3, 0.4) is 0 Å². The normalized spacial score (nSPS) is 19.3. The van der Waals surface area contributed by atoms with E-state index < -0.39 is 6.10 Å². The van der Waals surface area contributed by atoms with Gasteiger partial charge < -0.3 is 19.7 Å². The number of rotatable bonds is 3. The molecular formula is C21H23N5O3. The van der Waals surface area contributed by atoms with Crippen LogP contribution >= 0.6 is 0 Å². The van der Waals surface area contributed by atoms with E-state index in [0.717, 1.165) is 29.9 Å². The molecule has 29 heavy (non-hydrogen) atoms. The molecule has 0 bridgehead atoms. The molecule has 1 fully saturated rings. The van der Waals surface area contributed by atoms with Crippen molar-refractivity contribution in [1.82, 2.24) is 19.5 Å². The highest BCUT2D eigenvalue weighted by atomic mass is 16.6. The van der Waals surface area contributed by atoms with Crippen LogP contribution < -0.4 is 14.8 Å². The van der Waals surface area contributed by atoms with Crippen LogP contribution in [0.4, 0.5) is 5.82 Å². The van der Waals surface area contributed by atoms with Gasteiger partial charge in [0, 0.05) is 31.5 Å². The molecular weight excluding hydrogens is 370 g/mol. The van der Waals surface area contributed by atoms with Crippen LogP contribution in [0.25, 0.3) is 5.52 Å². The molecule has 1 N–H and O–H groups in total. The van der Waals surface area contributed by atoms with Crippen LogP contribution in [-0.2, 0) is 4.79 Å². The van der Waals surface area contributed by atoms with Crippen LogP contribution in [0.5, 0.6) is 11.5 Å². The van der Waals surface area contributed by atoms with Crippen molar-refractivity contribution < 1.29 is 14.3 Å². The second kappa shape index (κ2) is 7.27. The highest BCUT2D eigenvalue weighted by Gasteiger charge is 2.33. The quantitative estimate of drug-likeness (QED) is 0.735. The molecule has 1 atom stereocenters. The van der Waals surface area contributed by atoms with Crippen LogP contribution in [0.2, 0.25) is 0 Å². The lowest BCUT2D eigenvalue weighted by Gasteiger charge is -2.35. The minimum absolute atomic E-state index is 0.00963. The zero-order valence-electron chi connectivity index (χ0n) is 16.2. The molecule has 1 amide bonds. The number of likely N-dealkylation sites (tertiary alicyclic amines) is 1. The van der Waals surface area contributed by atoms with E-state index in [-0.39, 0.29) is 18.6 Å². The standard InChI is InChI=1S/C21H23N5O3/c1-14-12-16-20(22-8-11-26(16)24-14)23-15-6-9-25(10-7-15)21(27)19-13-28-17-4-2-3-5-18(17)29-19/h2-5,8,11-12,15,19H,6-7,9-10,13H2,1H3,(H,22,23). The van der Waals surface area contributed by atoms with Gasteiger partial charge in [0.1, 0.15) is 12.1 Å². The molecule has 2 aromatic heterocycles. The van der Waals surface area contributed by atoms with Gasteiger partial charge in [-0.1, -0.05) is 12.1 Å². The van der Waals surface area contributed by atoms with Crippen molar-refractivity contribution in [3.05, 3.63) is 48.4 Å². The zero-order valence-corrected chi connectivity index (χ0v) is 16.2.